The van der Waals surface area contributed by atoms with E-state index in [2.05, 4.69) is 20.8 Å². The van der Waals surface area contributed by atoms with Crippen LogP contribution in [0, 0.1) is 0 Å². The van der Waals surface area contributed by atoms with Gasteiger partial charge in [-0.15, -0.1) is 5.10 Å². The second-order valence-electron chi connectivity index (χ2n) is 5.60. The summed E-state index contributed by atoms with van der Waals surface area (Å²) in [6.07, 6.45) is 1.49. The average Bonchev–Trinajstić information content (AvgIpc) is 3.22. The van der Waals surface area contributed by atoms with E-state index in [9.17, 15) is 4.79 Å². The molecule has 0 aliphatic rings. The molecule has 0 radical (unpaired) electrons. The fourth-order valence-corrected chi connectivity index (χ4v) is 2.58. The lowest BCUT2D eigenvalue weighted by Gasteiger charge is -2.18. The summed E-state index contributed by atoms with van der Waals surface area (Å²) in [4.78, 5) is 12.5. The van der Waals surface area contributed by atoms with Crippen molar-refractivity contribution in [1.82, 2.24) is 25.5 Å². The van der Waals surface area contributed by atoms with Gasteiger partial charge in [0.15, 0.2) is 0 Å². The van der Waals surface area contributed by atoms with Gasteiger partial charge in [0, 0.05) is 17.2 Å². The summed E-state index contributed by atoms with van der Waals surface area (Å²) < 4.78 is 12.1. The average molecular weight is 353 g/mol. The van der Waals surface area contributed by atoms with Gasteiger partial charge in [0.2, 0.25) is 0 Å². The molecule has 8 heteroatoms. The number of nitrogens with one attached hydrogen (secondary N) is 1. The zero-order valence-corrected chi connectivity index (χ0v) is 14.7. The van der Waals surface area contributed by atoms with Crippen LogP contribution in [-0.4, -0.2) is 40.3 Å². The van der Waals surface area contributed by atoms with Crippen LogP contribution in [0.5, 0.6) is 11.5 Å². The van der Waals surface area contributed by atoms with Gasteiger partial charge in [-0.25, -0.2) is 4.68 Å². The molecule has 1 amide bonds. The SMILES string of the molecule is COc1ccc(C(C)NC(=O)c2ccc(-n3cnnn3)cc2)c(OC)c1. The van der Waals surface area contributed by atoms with E-state index < -0.39 is 0 Å². The summed E-state index contributed by atoms with van der Waals surface area (Å²) in [6, 6.07) is 12.3. The Balaban J connectivity index is 1.73. The molecule has 1 atom stereocenters. The number of hydrogen-bond donors (Lipinski definition) is 1. The van der Waals surface area contributed by atoms with Gasteiger partial charge in [0.25, 0.3) is 5.91 Å². The van der Waals surface area contributed by atoms with E-state index in [0.717, 1.165) is 11.3 Å². The molecule has 0 bridgehead atoms. The van der Waals surface area contributed by atoms with Crippen LogP contribution < -0.4 is 14.8 Å². The molecule has 0 saturated carbocycles. The monoisotopic (exact) mass is 353 g/mol. The van der Waals surface area contributed by atoms with Crippen LogP contribution in [-0.2, 0) is 0 Å². The largest absolute Gasteiger partial charge is 0.497 e. The molecule has 3 aromatic rings. The number of aromatic nitrogens is 4. The molecule has 2 aromatic carbocycles. The molecule has 26 heavy (non-hydrogen) atoms. The van der Waals surface area contributed by atoms with Gasteiger partial charge in [0.05, 0.1) is 25.9 Å². The van der Waals surface area contributed by atoms with Crippen molar-refractivity contribution in [3.8, 4) is 17.2 Å². The minimum atomic E-state index is -0.234. The molecule has 0 saturated heterocycles. The first-order valence-corrected chi connectivity index (χ1v) is 7.98. The second kappa shape index (κ2) is 7.64. The van der Waals surface area contributed by atoms with Crippen molar-refractivity contribution in [2.45, 2.75) is 13.0 Å². The molecule has 1 heterocycles. The number of carbonyl (C=O) groups is 1. The van der Waals surface area contributed by atoms with Crippen LogP contribution in [0.2, 0.25) is 0 Å². The maximum atomic E-state index is 12.5. The van der Waals surface area contributed by atoms with E-state index in [1.54, 1.807) is 44.6 Å². The standard InChI is InChI=1S/C18H19N5O3/c1-12(16-9-8-15(25-2)10-17(16)26-3)20-18(24)13-4-6-14(7-5-13)23-11-19-21-22-23/h4-12H,1-3H3,(H,20,24). The molecule has 134 valence electrons. The topological polar surface area (TPSA) is 91.2 Å². The van der Waals surface area contributed by atoms with E-state index in [4.69, 9.17) is 9.47 Å². The lowest BCUT2D eigenvalue weighted by atomic mass is 10.1. The second-order valence-corrected chi connectivity index (χ2v) is 5.60. The van der Waals surface area contributed by atoms with Gasteiger partial charge >= 0.3 is 0 Å². The number of rotatable bonds is 6. The van der Waals surface area contributed by atoms with Gasteiger partial charge < -0.3 is 14.8 Å². The normalized spacial score (nSPS) is 11.7. The number of hydrogen-bond acceptors (Lipinski definition) is 6. The van der Waals surface area contributed by atoms with Gasteiger partial charge in [0.1, 0.15) is 17.8 Å². The maximum Gasteiger partial charge on any atom is 0.251 e. The lowest BCUT2D eigenvalue weighted by molar-refractivity contribution is 0.0939. The fraction of sp³-hybridized carbons (Fsp3) is 0.222. The van der Waals surface area contributed by atoms with E-state index in [-0.39, 0.29) is 11.9 Å². The molecular formula is C18H19N5O3. The van der Waals surface area contributed by atoms with Crippen molar-refractivity contribution in [2.24, 2.45) is 0 Å². The van der Waals surface area contributed by atoms with Gasteiger partial charge in [-0.3, -0.25) is 4.79 Å². The summed E-state index contributed by atoms with van der Waals surface area (Å²) in [5.74, 6) is 1.17. The highest BCUT2D eigenvalue weighted by Crippen LogP contribution is 2.29. The molecule has 0 aliphatic carbocycles. The lowest BCUT2D eigenvalue weighted by Crippen LogP contribution is -2.27. The summed E-state index contributed by atoms with van der Waals surface area (Å²) in [7, 11) is 3.18. The van der Waals surface area contributed by atoms with Gasteiger partial charge in [-0.1, -0.05) is 0 Å². The third-order valence-electron chi connectivity index (χ3n) is 4.00. The summed E-state index contributed by atoms with van der Waals surface area (Å²) >= 11 is 0. The van der Waals surface area contributed by atoms with Crippen LogP contribution in [0.25, 0.3) is 5.69 Å². The van der Waals surface area contributed by atoms with Gasteiger partial charge in [-0.05, 0) is 53.7 Å². The van der Waals surface area contributed by atoms with E-state index in [1.165, 1.54) is 11.0 Å². The Kier molecular flexibility index (Phi) is 5.12. The van der Waals surface area contributed by atoms with Crippen molar-refractivity contribution in [1.29, 1.82) is 0 Å². The molecule has 3 rings (SSSR count). The minimum absolute atomic E-state index is 0.182. The van der Waals surface area contributed by atoms with E-state index in [1.807, 2.05) is 19.1 Å². The Bertz CT molecular complexity index is 878. The van der Waals surface area contributed by atoms with E-state index >= 15 is 0 Å². The summed E-state index contributed by atoms with van der Waals surface area (Å²) in [5.41, 5.74) is 2.18. The number of ether oxygens (including phenoxy) is 2. The van der Waals surface area contributed by atoms with Crippen LogP contribution in [0.3, 0.4) is 0 Å². The fourth-order valence-electron chi connectivity index (χ4n) is 2.58. The molecular weight excluding hydrogens is 334 g/mol. The molecule has 1 unspecified atom stereocenters. The predicted octanol–water partition coefficient (Wildman–Crippen LogP) is 2.17. The third-order valence-corrected chi connectivity index (χ3v) is 4.00. The highest BCUT2D eigenvalue weighted by Gasteiger charge is 2.16. The number of tetrazole rings is 1. The van der Waals surface area contributed by atoms with Crippen LogP contribution in [0.1, 0.15) is 28.9 Å². The van der Waals surface area contributed by atoms with Crippen LogP contribution >= 0.6 is 0 Å². The highest BCUT2D eigenvalue weighted by molar-refractivity contribution is 5.94. The Morgan fingerprint density at radius 3 is 2.50 bits per heavy atom. The number of benzene rings is 2. The van der Waals surface area contributed by atoms with Crippen LogP contribution in [0.4, 0.5) is 0 Å². The van der Waals surface area contributed by atoms with Crippen molar-refractivity contribution in [3.63, 3.8) is 0 Å². The zero-order chi connectivity index (χ0) is 18.5. The number of nitrogens with zero attached hydrogens (tertiary/aromatic N) is 4. The summed E-state index contributed by atoms with van der Waals surface area (Å²) in [5, 5.41) is 14.0. The van der Waals surface area contributed by atoms with Crippen molar-refractivity contribution >= 4 is 5.91 Å². The molecule has 1 N–H and O–H groups in total. The molecule has 0 spiro atoms. The van der Waals surface area contributed by atoms with Crippen LogP contribution in [0.15, 0.2) is 48.8 Å². The van der Waals surface area contributed by atoms with E-state index in [0.29, 0.717) is 17.1 Å². The maximum absolute atomic E-state index is 12.5. The molecule has 0 fully saturated rings. The Morgan fingerprint density at radius 1 is 1.12 bits per heavy atom. The Hall–Kier alpha value is -3.42. The summed E-state index contributed by atoms with van der Waals surface area (Å²) in [6.45, 7) is 1.90. The predicted molar refractivity (Wildman–Crippen MR) is 94.6 cm³/mol. The number of amides is 1. The van der Waals surface area contributed by atoms with Crippen molar-refractivity contribution in [3.05, 3.63) is 59.9 Å². The van der Waals surface area contributed by atoms with Crippen molar-refractivity contribution in [2.75, 3.05) is 14.2 Å². The zero-order valence-electron chi connectivity index (χ0n) is 14.7. The highest BCUT2D eigenvalue weighted by atomic mass is 16.5. The first kappa shape index (κ1) is 17.4. The molecule has 1 aromatic heterocycles. The number of methoxy groups -OCH3 is 2. The van der Waals surface area contributed by atoms with Crippen molar-refractivity contribution < 1.29 is 14.3 Å². The molecule has 8 nitrogen and oxygen atoms in total. The van der Waals surface area contributed by atoms with Gasteiger partial charge in [-0.2, -0.15) is 0 Å². The minimum Gasteiger partial charge on any atom is -0.497 e. The Morgan fingerprint density at radius 2 is 1.88 bits per heavy atom. The smallest absolute Gasteiger partial charge is 0.251 e. The first-order valence-electron chi connectivity index (χ1n) is 7.98. The first-order chi connectivity index (χ1) is 12.6. The third kappa shape index (κ3) is 3.64. The quantitative estimate of drug-likeness (QED) is 0.730. The molecule has 0 aliphatic heterocycles. The Labute approximate surface area is 150 Å². The number of carbonyl (C=O) groups excluding carboxylic acids is 1.